The van der Waals surface area contributed by atoms with Gasteiger partial charge < -0.3 is 10.2 Å². The van der Waals surface area contributed by atoms with Gasteiger partial charge >= 0.3 is 0 Å². The Morgan fingerprint density at radius 1 is 1.30 bits per heavy atom. The zero-order valence-electron chi connectivity index (χ0n) is 13.5. The van der Waals surface area contributed by atoms with Gasteiger partial charge in [-0.05, 0) is 38.0 Å². The molecule has 3 heterocycles. The first-order valence-corrected chi connectivity index (χ1v) is 7.90. The molecule has 6 heteroatoms. The largest absolute Gasteiger partial charge is 0.342 e. The number of rotatable bonds is 3. The predicted octanol–water partition coefficient (Wildman–Crippen LogP) is 2.65. The lowest BCUT2D eigenvalue weighted by molar-refractivity contribution is -0.130. The van der Waals surface area contributed by atoms with Gasteiger partial charge in [0.15, 0.2) is 0 Å². The molecule has 0 saturated carbocycles. The Morgan fingerprint density at radius 3 is 2.83 bits per heavy atom. The van der Waals surface area contributed by atoms with Crippen LogP contribution in [0.25, 0.3) is 0 Å². The second-order valence-electron chi connectivity index (χ2n) is 5.92. The maximum absolute atomic E-state index is 11.6. The SMILES string of the molecule is CC(=O)N1CCCC(c2cc(Nc3ncccn3)cc(C)n2)C1. The van der Waals surface area contributed by atoms with Gasteiger partial charge in [0, 0.05) is 55.4 Å². The van der Waals surface area contributed by atoms with Crippen LogP contribution in [0.1, 0.15) is 37.1 Å². The molecule has 1 amide bonds. The summed E-state index contributed by atoms with van der Waals surface area (Å²) >= 11 is 0. The van der Waals surface area contributed by atoms with Crippen LogP contribution in [0.2, 0.25) is 0 Å². The Labute approximate surface area is 136 Å². The van der Waals surface area contributed by atoms with Crippen molar-refractivity contribution in [1.29, 1.82) is 0 Å². The van der Waals surface area contributed by atoms with Crippen molar-refractivity contribution in [2.75, 3.05) is 18.4 Å². The summed E-state index contributed by atoms with van der Waals surface area (Å²) < 4.78 is 0. The van der Waals surface area contributed by atoms with Crippen molar-refractivity contribution in [2.24, 2.45) is 0 Å². The van der Waals surface area contributed by atoms with Crippen LogP contribution >= 0.6 is 0 Å². The molecule has 2 aromatic rings. The number of aromatic nitrogens is 3. The van der Waals surface area contributed by atoms with Crippen molar-refractivity contribution in [2.45, 2.75) is 32.6 Å². The smallest absolute Gasteiger partial charge is 0.227 e. The molecule has 0 bridgehead atoms. The lowest BCUT2D eigenvalue weighted by Gasteiger charge is -2.32. The van der Waals surface area contributed by atoms with Crippen LogP contribution in [0, 0.1) is 6.92 Å². The van der Waals surface area contributed by atoms with Crippen LogP contribution in [0.4, 0.5) is 11.6 Å². The zero-order chi connectivity index (χ0) is 16.2. The van der Waals surface area contributed by atoms with E-state index in [0.717, 1.165) is 43.0 Å². The van der Waals surface area contributed by atoms with Gasteiger partial charge in [-0.15, -0.1) is 0 Å². The molecule has 120 valence electrons. The van der Waals surface area contributed by atoms with E-state index in [1.807, 2.05) is 24.0 Å². The minimum Gasteiger partial charge on any atom is -0.342 e. The van der Waals surface area contributed by atoms with E-state index in [-0.39, 0.29) is 11.8 Å². The third-order valence-electron chi connectivity index (χ3n) is 4.08. The molecule has 1 N–H and O–H groups in total. The first-order valence-electron chi connectivity index (χ1n) is 7.90. The highest BCUT2D eigenvalue weighted by molar-refractivity contribution is 5.73. The first kappa shape index (κ1) is 15.4. The molecule has 0 aromatic carbocycles. The number of likely N-dealkylation sites (tertiary alicyclic amines) is 1. The van der Waals surface area contributed by atoms with E-state index in [2.05, 4.69) is 20.3 Å². The lowest BCUT2D eigenvalue weighted by Crippen LogP contribution is -2.37. The average Bonchev–Trinajstić information content (AvgIpc) is 2.55. The van der Waals surface area contributed by atoms with E-state index >= 15 is 0 Å². The van der Waals surface area contributed by atoms with E-state index in [4.69, 9.17) is 0 Å². The molecule has 1 unspecified atom stereocenters. The second kappa shape index (κ2) is 6.73. The quantitative estimate of drug-likeness (QED) is 0.943. The number of nitrogens with one attached hydrogen (secondary N) is 1. The summed E-state index contributed by atoms with van der Waals surface area (Å²) in [5.74, 6) is 0.987. The minimum absolute atomic E-state index is 0.137. The van der Waals surface area contributed by atoms with Crippen molar-refractivity contribution in [3.05, 3.63) is 42.0 Å². The molecule has 0 radical (unpaired) electrons. The predicted molar refractivity (Wildman–Crippen MR) is 88.5 cm³/mol. The number of carbonyl (C=O) groups excluding carboxylic acids is 1. The summed E-state index contributed by atoms with van der Waals surface area (Å²) in [5.41, 5.74) is 2.90. The van der Waals surface area contributed by atoms with E-state index in [1.54, 1.807) is 25.4 Å². The summed E-state index contributed by atoms with van der Waals surface area (Å²) in [6, 6.07) is 5.80. The van der Waals surface area contributed by atoms with Crippen LogP contribution in [-0.4, -0.2) is 38.8 Å². The van der Waals surface area contributed by atoms with Crippen molar-refractivity contribution in [1.82, 2.24) is 19.9 Å². The van der Waals surface area contributed by atoms with Gasteiger partial charge in [-0.3, -0.25) is 9.78 Å². The van der Waals surface area contributed by atoms with Gasteiger partial charge in [-0.2, -0.15) is 0 Å². The normalized spacial score (nSPS) is 17.8. The fourth-order valence-electron chi connectivity index (χ4n) is 2.97. The molecule has 1 atom stereocenters. The Bertz CT molecular complexity index is 689. The summed E-state index contributed by atoms with van der Waals surface area (Å²) in [5, 5.41) is 3.22. The zero-order valence-corrected chi connectivity index (χ0v) is 13.5. The van der Waals surface area contributed by atoms with E-state index in [9.17, 15) is 4.79 Å². The molecule has 2 aromatic heterocycles. The van der Waals surface area contributed by atoms with Crippen LogP contribution in [-0.2, 0) is 4.79 Å². The molecule has 6 nitrogen and oxygen atoms in total. The van der Waals surface area contributed by atoms with Crippen LogP contribution in [0.15, 0.2) is 30.6 Å². The highest BCUT2D eigenvalue weighted by atomic mass is 16.2. The van der Waals surface area contributed by atoms with Gasteiger partial charge in [0.2, 0.25) is 11.9 Å². The molecule has 1 saturated heterocycles. The fraction of sp³-hybridized carbons (Fsp3) is 0.412. The fourth-order valence-corrected chi connectivity index (χ4v) is 2.97. The number of anilines is 2. The van der Waals surface area contributed by atoms with Crippen LogP contribution < -0.4 is 5.32 Å². The van der Waals surface area contributed by atoms with Crippen molar-refractivity contribution in [3.63, 3.8) is 0 Å². The van der Waals surface area contributed by atoms with Crippen molar-refractivity contribution in [3.8, 4) is 0 Å². The molecule has 1 aliphatic rings. The van der Waals surface area contributed by atoms with Gasteiger partial charge in [-0.1, -0.05) is 0 Å². The number of piperidine rings is 1. The molecule has 0 aliphatic carbocycles. The average molecular weight is 311 g/mol. The molecule has 1 fully saturated rings. The summed E-state index contributed by atoms with van der Waals surface area (Å²) in [6.45, 7) is 5.20. The standard InChI is InChI=1S/C17H21N5O/c1-12-9-15(21-17-18-6-4-7-19-17)10-16(20-12)14-5-3-8-22(11-14)13(2)23/h4,6-7,9-10,14H,3,5,8,11H2,1-2H3,(H,18,19,20,21). The number of aryl methyl sites for hydroxylation is 1. The number of pyridine rings is 1. The maximum Gasteiger partial charge on any atom is 0.227 e. The van der Waals surface area contributed by atoms with Gasteiger partial charge in [0.05, 0.1) is 0 Å². The first-order chi connectivity index (χ1) is 11.1. The molecular formula is C17H21N5O. The van der Waals surface area contributed by atoms with Gasteiger partial charge in [0.25, 0.3) is 0 Å². The number of carbonyl (C=O) groups is 1. The van der Waals surface area contributed by atoms with E-state index in [1.165, 1.54) is 0 Å². The lowest BCUT2D eigenvalue weighted by atomic mass is 9.94. The molecule has 3 rings (SSSR count). The van der Waals surface area contributed by atoms with Crippen molar-refractivity contribution < 1.29 is 4.79 Å². The Hall–Kier alpha value is -2.50. The van der Waals surface area contributed by atoms with Crippen molar-refractivity contribution >= 4 is 17.5 Å². The summed E-state index contributed by atoms with van der Waals surface area (Å²) in [4.78, 5) is 26.6. The number of hydrogen-bond donors (Lipinski definition) is 1. The third-order valence-corrected chi connectivity index (χ3v) is 4.08. The Kier molecular flexibility index (Phi) is 4.50. The number of amides is 1. The highest BCUT2D eigenvalue weighted by Gasteiger charge is 2.24. The topological polar surface area (TPSA) is 71.0 Å². The minimum atomic E-state index is 0.137. The summed E-state index contributed by atoms with van der Waals surface area (Å²) in [7, 11) is 0. The number of nitrogens with zero attached hydrogens (tertiary/aromatic N) is 4. The molecule has 1 aliphatic heterocycles. The van der Waals surface area contributed by atoms with Gasteiger partial charge in [0.1, 0.15) is 0 Å². The van der Waals surface area contributed by atoms with Gasteiger partial charge in [-0.25, -0.2) is 9.97 Å². The summed E-state index contributed by atoms with van der Waals surface area (Å²) in [6.07, 6.45) is 5.48. The second-order valence-corrected chi connectivity index (χ2v) is 5.92. The molecular weight excluding hydrogens is 290 g/mol. The molecule has 23 heavy (non-hydrogen) atoms. The third kappa shape index (κ3) is 3.83. The Balaban J connectivity index is 1.81. The maximum atomic E-state index is 11.6. The Morgan fingerprint density at radius 2 is 2.09 bits per heavy atom. The van der Waals surface area contributed by atoms with E-state index < -0.39 is 0 Å². The van der Waals surface area contributed by atoms with E-state index in [0.29, 0.717) is 5.95 Å². The number of hydrogen-bond acceptors (Lipinski definition) is 5. The molecule has 0 spiro atoms. The van der Waals surface area contributed by atoms with Crippen LogP contribution in [0.3, 0.4) is 0 Å². The monoisotopic (exact) mass is 311 g/mol. The highest BCUT2D eigenvalue weighted by Crippen LogP contribution is 2.28. The van der Waals surface area contributed by atoms with Crippen LogP contribution in [0.5, 0.6) is 0 Å².